The minimum atomic E-state index is -0.540. The number of carbonyl (C=O) groups is 1. The van der Waals surface area contributed by atoms with E-state index in [0.717, 1.165) is 10.0 Å². The number of methoxy groups -OCH3 is 1. The predicted octanol–water partition coefficient (Wildman–Crippen LogP) is 2.53. The lowest BCUT2D eigenvalue weighted by Gasteiger charge is -2.11. The van der Waals surface area contributed by atoms with Crippen LogP contribution in [-0.4, -0.2) is 19.2 Å². The van der Waals surface area contributed by atoms with Gasteiger partial charge in [-0.3, -0.25) is 0 Å². The zero-order valence-corrected chi connectivity index (χ0v) is 10.3. The van der Waals surface area contributed by atoms with Crippen LogP contribution < -0.4 is 0 Å². The van der Waals surface area contributed by atoms with Crippen molar-refractivity contribution in [1.29, 1.82) is 0 Å². The highest BCUT2D eigenvalue weighted by atomic mass is 79.9. The maximum atomic E-state index is 11.1. The van der Waals surface area contributed by atoms with Crippen molar-refractivity contribution in [3.8, 4) is 0 Å². The van der Waals surface area contributed by atoms with Gasteiger partial charge in [0, 0.05) is 4.47 Å². The predicted molar refractivity (Wildman–Crippen MR) is 60.4 cm³/mol. The summed E-state index contributed by atoms with van der Waals surface area (Å²) in [7, 11) is 1.35. The number of esters is 1. The molecule has 0 heterocycles. The number of benzene rings is 1. The Kier molecular flexibility index (Phi) is 4.78. The third-order valence-electron chi connectivity index (χ3n) is 1.98. The summed E-state index contributed by atoms with van der Waals surface area (Å²) in [4.78, 5) is 11.1. The van der Waals surface area contributed by atoms with E-state index in [2.05, 4.69) is 20.7 Å². The van der Waals surface area contributed by atoms with Crippen molar-refractivity contribution in [1.82, 2.24) is 0 Å². The van der Waals surface area contributed by atoms with Gasteiger partial charge in [-0.05, 0) is 18.6 Å². The number of carbonyl (C=O) groups excluding carboxylic acids is 1. The molecule has 0 saturated heterocycles. The zero-order valence-electron chi connectivity index (χ0n) is 8.70. The highest BCUT2D eigenvalue weighted by molar-refractivity contribution is 9.10. The average Bonchev–Trinajstić information content (AvgIpc) is 2.26. The summed E-state index contributed by atoms with van der Waals surface area (Å²) in [5.74, 6) is -0.359. The average molecular weight is 273 g/mol. The fourth-order valence-electron chi connectivity index (χ4n) is 1.06. The monoisotopic (exact) mass is 272 g/mol. The summed E-state index contributed by atoms with van der Waals surface area (Å²) in [6.07, 6.45) is -0.540. The minimum absolute atomic E-state index is 0.359. The van der Waals surface area contributed by atoms with Gasteiger partial charge in [0.2, 0.25) is 0 Å². The molecule has 0 saturated carbocycles. The van der Waals surface area contributed by atoms with Gasteiger partial charge in [-0.2, -0.15) is 0 Å². The quantitative estimate of drug-likeness (QED) is 0.791. The minimum Gasteiger partial charge on any atom is -0.467 e. The number of rotatable bonds is 4. The van der Waals surface area contributed by atoms with Crippen LogP contribution in [0.1, 0.15) is 12.5 Å². The van der Waals surface area contributed by atoms with Crippen LogP contribution in [-0.2, 0) is 20.9 Å². The van der Waals surface area contributed by atoms with Gasteiger partial charge >= 0.3 is 5.97 Å². The normalized spacial score (nSPS) is 12.2. The molecule has 0 aliphatic heterocycles. The summed E-state index contributed by atoms with van der Waals surface area (Å²) in [5.41, 5.74) is 1.01. The van der Waals surface area contributed by atoms with Gasteiger partial charge in [0.05, 0.1) is 13.7 Å². The first kappa shape index (κ1) is 12.2. The lowest BCUT2D eigenvalue weighted by atomic mass is 10.2. The van der Waals surface area contributed by atoms with E-state index in [1.807, 2.05) is 24.3 Å². The van der Waals surface area contributed by atoms with Crippen LogP contribution in [0.4, 0.5) is 0 Å². The van der Waals surface area contributed by atoms with E-state index < -0.39 is 6.10 Å². The molecule has 0 fully saturated rings. The summed E-state index contributed by atoms with van der Waals surface area (Å²) < 4.78 is 10.9. The molecular formula is C11H13BrO3. The number of ether oxygens (including phenoxy) is 2. The lowest BCUT2D eigenvalue weighted by molar-refractivity contribution is -0.153. The second kappa shape index (κ2) is 5.88. The first-order chi connectivity index (χ1) is 7.15. The van der Waals surface area contributed by atoms with Crippen molar-refractivity contribution in [2.75, 3.05) is 7.11 Å². The molecule has 1 aromatic rings. The smallest absolute Gasteiger partial charge is 0.334 e. The molecule has 82 valence electrons. The standard InChI is InChI=1S/C11H13BrO3/c1-8(11(13)14-2)15-7-9-5-3-4-6-10(9)12/h3-6,8H,7H2,1-2H3/t8-/m1/s1. The maximum Gasteiger partial charge on any atom is 0.334 e. The first-order valence-corrected chi connectivity index (χ1v) is 5.37. The Balaban J connectivity index is 2.50. The van der Waals surface area contributed by atoms with Crippen LogP contribution in [0.3, 0.4) is 0 Å². The van der Waals surface area contributed by atoms with E-state index in [1.165, 1.54) is 7.11 Å². The molecule has 0 unspecified atom stereocenters. The molecule has 0 aliphatic rings. The largest absolute Gasteiger partial charge is 0.467 e. The fraction of sp³-hybridized carbons (Fsp3) is 0.364. The van der Waals surface area contributed by atoms with Crippen molar-refractivity contribution in [3.05, 3.63) is 34.3 Å². The molecule has 0 aliphatic carbocycles. The Labute approximate surface area is 97.5 Å². The molecule has 0 aromatic heterocycles. The van der Waals surface area contributed by atoms with Crippen molar-refractivity contribution in [2.45, 2.75) is 19.6 Å². The summed E-state index contributed by atoms with van der Waals surface area (Å²) >= 11 is 3.40. The van der Waals surface area contributed by atoms with E-state index in [9.17, 15) is 4.79 Å². The zero-order chi connectivity index (χ0) is 11.3. The topological polar surface area (TPSA) is 35.5 Å². The van der Waals surface area contributed by atoms with Gasteiger partial charge in [0.25, 0.3) is 0 Å². The van der Waals surface area contributed by atoms with Crippen LogP contribution in [0.25, 0.3) is 0 Å². The first-order valence-electron chi connectivity index (χ1n) is 4.58. The third-order valence-corrected chi connectivity index (χ3v) is 2.75. The van der Waals surface area contributed by atoms with Gasteiger partial charge < -0.3 is 9.47 Å². The second-order valence-corrected chi connectivity index (χ2v) is 3.92. The Hall–Kier alpha value is -0.870. The highest BCUT2D eigenvalue weighted by Crippen LogP contribution is 2.17. The van der Waals surface area contributed by atoms with E-state index >= 15 is 0 Å². The van der Waals surface area contributed by atoms with Crippen LogP contribution in [0.2, 0.25) is 0 Å². The van der Waals surface area contributed by atoms with Gasteiger partial charge in [-0.1, -0.05) is 34.1 Å². The van der Waals surface area contributed by atoms with E-state index in [-0.39, 0.29) is 5.97 Å². The molecule has 4 heteroatoms. The number of hydrogen-bond acceptors (Lipinski definition) is 3. The SMILES string of the molecule is COC(=O)[C@@H](C)OCc1ccccc1Br. The van der Waals surface area contributed by atoms with Crippen LogP contribution in [0.15, 0.2) is 28.7 Å². The van der Waals surface area contributed by atoms with Crippen molar-refractivity contribution in [2.24, 2.45) is 0 Å². The van der Waals surface area contributed by atoms with Crippen LogP contribution in [0, 0.1) is 0 Å². The summed E-state index contributed by atoms with van der Waals surface area (Å²) in [6, 6.07) is 7.72. The van der Waals surface area contributed by atoms with E-state index in [1.54, 1.807) is 6.92 Å². The molecule has 1 atom stereocenters. The van der Waals surface area contributed by atoms with Crippen LogP contribution >= 0.6 is 15.9 Å². The molecule has 0 spiro atoms. The molecule has 0 amide bonds. The number of hydrogen-bond donors (Lipinski definition) is 0. The maximum absolute atomic E-state index is 11.1. The van der Waals surface area contributed by atoms with Crippen molar-refractivity contribution >= 4 is 21.9 Å². The molecule has 1 aromatic carbocycles. The Morgan fingerprint density at radius 1 is 1.47 bits per heavy atom. The van der Waals surface area contributed by atoms with Gasteiger partial charge in [0.1, 0.15) is 0 Å². The van der Waals surface area contributed by atoms with Gasteiger partial charge in [-0.15, -0.1) is 0 Å². The molecular weight excluding hydrogens is 260 g/mol. The van der Waals surface area contributed by atoms with Gasteiger partial charge in [-0.25, -0.2) is 4.79 Å². The van der Waals surface area contributed by atoms with Crippen LogP contribution in [0.5, 0.6) is 0 Å². The molecule has 0 bridgehead atoms. The lowest BCUT2D eigenvalue weighted by Crippen LogP contribution is -2.21. The number of halogens is 1. The fourth-order valence-corrected chi connectivity index (χ4v) is 1.46. The summed E-state index contributed by atoms with van der Waals surface area (Å²) in [5, 5.41) is 0. The molecule has 15 heavy (non-hydrogen) atoms. The van der Waals surface area contributed by atoms with Crippen molar-refractivity contribution in [3.63, 3.8) is 0 Å². The second-order valence-electron chi connectivity index (χ2n) is 3.07. The summed E-state index contributed by atoms with van der Waals surface area (Å²) in [6.45, 7) is 2.06. The van der Waals surface area contributed by atoms with E-state index in [0.29, 0.717) is 6.61 Å². The van der Waals surface area contributed by atoms with E-state index in [4.69, 9.17) is 4.74 Å². The molecule has 0 N–H and O–H groups in total. The molecule has 0 radical (unpaired) electrons. The molecule has 3 nitrogen and oxygen atoms in total. The molecule has 1 rings (SSSR count). The third kappa shape index (κ3) is 3.64. The van der Waals surface area contributed by atoms with Crippen molar-refractivity contribution < 1.29 is 14.3 Å². The highest BCUT2D eigenvalue weighted by Gasteiger charge is 2.13. The Morgan fingerprint density at radius 2 is 2.13 bits per heavy atom. The Morgan fingerprint density at radius 3 is 2.73 bits per heavy atom. The van der Waals surface area contributed by atoms with Gasteiger partial charge in [0.15, 0.2) is 6.10 Å². The Bertz CT molecular complexity index is 338.